The van der Waals surface area contributed by atoms with Crippen LogP contribution in [-0.4, -0.2) is 36.1 Å². The minimum atomic E-state index is 0.263. The summed E-state index contributed by atoms with van der Waals surface area (Å²) in [6.07, 6.45) is 6.99. The summed E-state index contributed by atoms with van der Waals surface area (Å²) in [6, 6.07) is 1.96. The monoisotopic (exact) mass is 248 g/mol. The van der Waals surface area contributed by atoms with Gasteiger partial charge >= 0.3 is 0 Å². The van der Waals surface area contributed by atoms with Crippen LogP contribution in [0.1, 0.15) is 31.2 Å². The third kappa shape index (κ3) is 2.58. The lowest BCUT2D eigenvalue weighted by Crippen LogP contribution is -2.47. The maximum absolute atomic E-state index is 5.99. The number of nitrogens with zero attached hydrogens (tertiary/aromatic N) is 2. The molecule has 0 aromatic carbocycles. The van der Waals surface area contributed by atoms with Gasteiger partial charge in [0.1, 0.15) is 5.82 Å². The van der Waals surface area contributed by atoms with Gasteiger partial charge < -0.3 is 16.0 Å². The highest BCUT2D eigenvalue weighted by Crippen LogP contribution is 2.34. The molecule has 1 aromatic heterocycles. The highest BCUT2D eigenvalue weighted by atomic mass is 15.2. The largest absolute Gasteiger partial charge is 0.396 e. The van der Waals surface area contributed by atoms with E-state index in [0.717, 1.165) is 23.6 Å². The van der Waals surface area contributed by atoms with E-state index in [9.17, 15) is 0 Å². The summed E-state index contributed by atoms with van der Waals surface area (Å²) in [5, 5.41) is 3.43. The Labute approximate surface area is 110 Å². The van der Waals surface area contributed by atoms with Crippen molar-refractivity contribution in [2.75, 3.05) is 31.7 Å². The minimum absolute atomic E-state index is 0.263. The van der Waals surface area contributed by atoms with Crippen LogP contribution < -0.4 is 11.1 Å². The van der Waals surface area contributed by atoms with Crippen molar-refractivity contribution < 1.29 is 0 Å². The topological polar surface area (TPSA) is 54.2 Å². The van der Waals surface area contributed by atoms with Crippen LogP contribution in [0.3, 0.4) is 0 Å². The molecule has 1 aliphatic rings. The zero-order valence-electron chi connectivity index (χ0n) is 11.7. The zero-order chi connectivity index (χ0) is 13.2. The molecule has 1 saturated carbocycles. The maximum Gasteiger partial charge on any atom is 0.149 e. The van der Waals surface area contributed by atoms with E-state index in [4.69, 9.17) is 5.73 Å². The van der Waals surface area contributed by atoms with Crippen LogP contribution in [0.25, 0.3) is 0 Å². The van der Waals surface area contributed by atoms with Crippen LogP contribution in [0, 0.1) is 6.92 Å². The standard InChI is InChI=1S/C14H24N4/c1-11-8-12(15)13(16-9-11)17-10-14(18(2)3)6-4-5-7-14/h8-9H,4-7,10,15H2,1-3H3,(H,16,17). The molecule has 1 aliphatic carbocycles. The van der Waals surface area contributed by atoms with Crippen molar-refractivity contribution in [1.82, 2.24) is 9.88 Å². The van der Waals surface area contributed by atoms with Gasteiger partial charge in [0, 0.05) is 18.3 Å². The molecule has 1 aromatic rings. The summed E-state index contributed by atoms with van der Waals surface area (Å²) in [7, 11) is 4.33. The number of nitrogens with one attached hydrogen (secondary N) is 1. The lowest BCUT2D eigenvalue weighted by atomic mass is 9.96. The number of aryl methyl sites for hydroxylation is 1. The quantitative estimate of drug-likeness (QED) is 0.858. The first kappa shape index (κ1) is 13.1. The maximum atomic E-state index is 5.99. The fraction of sp³-hybridized carbons (Fsp3) is 0.643. The van der Waals surface area contributed by atoms with Gasteiger partial charge in [0.2, 0.25) is 0 Å². The molecule has 0 aliphatic heterocycles. The van der Waals surface area contributed by atoms with Gasteiger partial charge in [-0.25, -0.2) is 4.98 Å². The highest BCUT2D eigenvalue weighted by Gasteiger charge is 2.35. The number of nitrogen functional groups attached to an aromatic ring is 1. The predicted octanol–water partition coefficient (Wildman–Crippen LogP) is 2.26. The molecule has 1 fully saturated rings. The number of pyridine rings is 1. The molecule has 4 nitrogen and oxygen atoms in total. The number of rotatable bonds is 4. The lowest BCUT2D eigenvalue weighted by Gasteiger charge is -2.36. The lowest BCUT2D eigenvalue weighted by molar-refractivity contribution is 0.172. The van der Waals surface area contributed by atoms with E-state index in [-0.39, 0.29) is 5.54 Å². The normalized spacial score (nSPS) is 18.2. The van der Waals surface area contributed by atoms with E-state index in [1.165, 1.54) is 25.7 Å². The van der Waals surface area contributed by atoms with Crippen molar-refractivity contribution in [3.05, 3.63) is 17.8 Å². The van der Waals surface area contributed by atoms with E-state index in [0.29, 0.717) is 0 Å². The SMILES string of the molecule is Cc1cnc(NCC2(N(C)C)CCCC2)c(N)c1. The molecule has 0 bridgehead atoms. The first-order valence-electron chi connectivity index (χ1n) is 6.67. The van der Waals surface area contributed by atoms with Gasteiger partial charge in [0.15, 0.2) is 0 Å². The van der Waals surface area contributed by atoms with Crippen LogP contribution in [-0.2, 0) is 0 Å². The fourth-order valence-corrected chi connectivity index (χ4v) is 2.80. The van der Waals surface area contributed by atoms with E-state index < -0.39 is 0 Å². The van der Waals surface area contributed by atoms with Crippen molar-refractivity contribution in [3.8, 4) is 0 Å². The summed E-state index contributed by atoms with van der Waals surface area (Å²) in [5.74, 6) is 0.814. The Hall–Kier alpha value is -1.29. The second kappa shape index (κ2) is 5.14. The summed E-state index contributed by atoms with van der Waals surface area (Å²) in [5.41, 5.74) is 8.09. The molecule has 4 heteroatoms. The summed E-state index contributed by atoms with van der Waals surface area (Å²) in [6.45, 7) is 2.92. The molecular weight excluding hydrogens is 224 g/mol. The summed E-state index contributed by atoms with van der Waals surface area (Å²) >= 11 is 0. The van der Waals surface area contributed by atoms with Crippen molar-refractivity contribution in [2.24, 2.45) is 0 Å². The second-order valence-electron chi connectivity index (χ2n) is 5.63. The Morgan fingerprint density at radius 3 is 2.61 bits per heavy atom. The van der Waals surface area contributed by atoms with Crippen molar-refractivity contribution in [3.63, 3.8) is 0 Å². The molecule has 0 spiro atoms. The Bertz CT molecular complexity index is 408. The van der Waals surface area contributed by atoms with Gasteiger partial charge in [-0.05, 0) is 45.5 Å². The first-order valence-corrected chi connectivity index (χ1v) is 6.67. The average Bonchev–Trinajstić information content (AvgIpc) is 2.78. The van der Waals surface area contributed by atoms with Gasteiger partial charge in [-0.15, -0.1) is 0 Å². The molecule has 0 saturated heterocycles. The number of anilines is 2. The third-order valence-electron chi connectivity index (χ3n) is 4.12. The first-order chi connectivity index (χ1) is 8.53. The summed E-state index contributed by atoms with van der Waals surface area (Å²) in [4.78, 5) is 6.72. The highest BCUT2D eigenvalue weighted by molar-refractivity contribution is 5.61. The molecule has 100 valence electrons. The summed E-state index contributed by atoms with van der Waals surface area (Å²) < 4.78 is 0. The van der Waals surface area contributed by atoms with Crippen LogP contribution in [0.2, 0.25) is 0 Å². The molecule has 0 radical (unpaired) electrons. The van der Waals surface area contributed by atoms with E-state index in [2.05, 4.69) is 29.3 Å². The van der Waals surface area contributed by atoms with Gasteiger partial charge in [-0.3, -0.25) is 0 Å². The minimum Gasteiger partial charge on any atom is -0.396 e. The number of hydrogen-bond donors (Lipinski definition) is 2. The van der Waals surface area contributed by atoms with Gasteiger partial charge in [0.25, 0.3) is 0 Å². The van der Waals surface area contributed by atoms with E-state index >= 15 is 0 Å². The van der Waals surface area contributed by atoms with Crippen molar-refractivity contribution in [1.29, 1.82) is 0 Å². The van der Waals surface area contributed by atoms with E-state index in [1.807, 2.05) is 19.2 Å². The zero-order valence-corrected chi connectivity index (χ0v) is 11.7. The van der Waals surface area contributed by atoms with Crippen LogP contribution in [0.4, 0.5) is 11.5 Å². The van der Waals surface area contributed by atoms with Crippen molar-refractivity contribution in [2.45, 2.75) is 38.1 Å². The van der Waals surface area contributed by atoms with Crippen LogP contribution in [0.15, 0.2) is 12.3 Å². The smallest absolute Gasteiger partial charge is 0.149 e. The molecule has 3 N–H and O–H groups in total. The van der Waals surface area contributed by atoms with Crippen molar-refractivity contribution >= 4 is 11.5 Å². The molecular formula is C14H24N4. The fourth-order valence-electron chi connectivity index (χ4n) is 2.80. The molecule has 0 atom stereocenters. The molecule has 2 rings (SSSR count). The molecule has 18 heavy (non-hydrogen) atoms. The number of nitrogens with two attached hydrogens (primary N) is 1. The Morgan fingerprint density at radius 2 is 2.06 bits per heavy atom. The van der Waals surface area contributed by atoms with Crippen LogP contribution >= 0.6 is 0 Å². The molecule has 0 amide bonds. The number of hydrogen-bond acceptors (Lipinski definition) is 4. The van der Waals surface area contributed by atoms with E-state index in [1.54, 1.807) is 0 Å². The third-order valence-corrected chi connectivity index (χ3v) is 4.12. The molecule has 0 unspecified atom stereocenters. The van der Waals surface area contributed by atoms with Gasteiger partial charge in [0.05, 0.1) is 5.69 Å². The Kier molecular flexibility index (Phi) is 3.76. The molecule has 1 heterocycles. The second-order valence-corrected chi connectivity index (χ2v) is 5.63. The Morgan fingerprint density at radius 1 is 1.39 bits per heavy atom. The number of aromatic nitrogens is 1. The Balaban J connectivity index is 2.06. The van der Waals surface area contributed by atoms with Gasteiger partial charge in [-0.2, -0.15) is 0 Å². The number of likely N-dealkylation sites (N-methyl/N-ethyl adjacent to an activating group) is 1. The predicted molar refractivity (Wildman–Crippen MR) is 76.8 cm³/mol. The van der Waals surface area contributed by atoms with Gasteiger partial charge in [-0.1, -0.05) is 12.8 Å². The van der Waals surface area contributed by atoms with Crippen LogP contribution in [0.5, 0.6) is 0 Å². The average molecular weight is 248 g/mol.